The SMILES string of the molecule is CC1CCN(Cc2csc(NC(=O)[C@H]3CCN[C@@H](C)C3)n2)CC1. The fraction of sp³-hybridized carbons (Fsp3) is 0.765. The lowest BCUT2D eigenvalue weighted by Gasteiger charge is -2.29. The molecule has 1 aromatic rings. The van der Waals surface area contributed by atoms with Crippen LogP contribution in [0.5, 0.6) is 0 Å². The van der Waals surface area contributed by atoms with Crippen LogP contribution < -0.4 is 10.6 Å². The third-order valence-corrected chi connectivity index (χ3v) is 5.84. The van der Waals surface area contributed by atoms with E-state index in [0.29, 0.717) is 6.04 Å². The van der Waals surface area contributed by atoms with E-state index >= 15 is 0 Å². The number of thiazole rings is 1. The Hall–Kier alpha value is -0.980. The maximum atomic E-state index is 12.4. The molecule has 2 aliphatic heterocycles. The highest BCUT2D eigenvalue weighted by atomic mass is 32.1. The summed E-state index contributed by atoms with van der Waals surface area (Å²) >= 11 is 1.55. The molecule has 5 nitrogen and oxygen atoms in total. The Morgan fingerprint density at radius 3 is 2.91 bits per heavy atom. The number of piperidine rings is 2. The quantitative estimate of drug-likeness (QED) is 0.888. The number of hydrogen-bond acceptors (Lipinski definition) is 5. The molecule has 23 heavy (non-hydrogen) atoms. The van der Waals surface area contributed by atoms with Crippen LogP contribution in [-0.4, -0.2) is 41.5 Å². The van der Waals surface area contributed by atoms with Crippen LogP contribution in [0.4, 0.5) is 5.13 Å². The average molecular weight is 337 g/mol. The standard InChI is InChI=1S/C17H28N4OS/c1-12-4-7-21(8-5-12)10-15-11-23-17(19-15)20-16(22)14-3-6-18-13(2)9-14/h11-14,18H,3-10H2,1-2H3,(H,19,20,22)/t13-,14-/m0/s1. The predicted molar refractivity (Wildman–Crippen MR) is 94.6 cm³/mol. The minimum absolute atomic E-state index is 0.113. The van der Waals surface area contributed by atoms with Crippen LogP contribution in [0.1, 0.15) is 45.2 Å². The number of carbonyl (C=O) groups is 1. The fourth-order valence-electron chi connectivity index (χ4n) is 3.46. The molecule has 0 aromatic carbocycles. The molecule has 0 spiro atoms. The van der Waals surface area contributed by atoms with Crippen LogP contribution in [0.15, 0.2) is 5.38 Å². The van der Waals surface area contributed by atoms with Crippen LogP contribution in [0, 0.1) is 11.8 Å². The summed E-state index contributed by atoms with van der Waals surface area (Å²) in [6.07, 6.45) is 4.39. The summed E-state index contributed by atoms with van der Waals surface area (Å²) < 4.78 is 0. The molecule has 0 unspecified atom stereocenters. The second-order valence-corrected chi connectivity index (χ2v) is 8.03. The Kier molecular flexibility index (Phi) is 5.67. The number of likely N-dealkylation sites (tertiary alicyclic amines) is 1. The van der Waals surface area contributed by atoms with Gasteiger partial charge in [-0.25, -0.2) is 4.98 Å². The van der Waals surface area contributed by atoms with Gasteiger partial charge in [0.15, 0.2) is 5.13 Å². The lowest BCUT2D eigenvalue weighted by molar-refractivity contribution is -0.120. The van der Waals surface area contributed by atoms with Crippen molar-refractivity contribution in [3.63, 3.8) is 0 Å². The van der Waals surface area contributed by atoms with Gasteiger partial charge in [-0.1, -0.05) is 6.92 Å². The van der Waals surface area contributed by atoms with E-state index in [2.05, 4.69) is 39.7 Å². The summed E-state index contributed by atoms with van der Waals surface area (Å²) in [7, 11) is 0. The second-order valence-electron chi connectivity index (χ2n) is 7.17. The number of carbonyl (C=O) groups excluding carboxylic acids is 1. The first-order valence-corrected chi connectivity index (χ1v) is 9.69. The van der Waals surface area contributed by atoms with Gasteiger partial charge in [-0.3, -0.25) is 9.69 Å². The highest BCUT2D eigenvalue weighted by Crippen LogP contribution is 2.23. The van der Waals surface area contributed by atoms with Crippen molar-refractivity contribution in [2.24, 2.45) is 11.8 Å². The van der Waals surface area contributed by atoms with E-state index in [-0.39, 0.29) is 11.8 Å². The van der Waals surface area contributed by atoms with Crippen molar-refractivity contribution in [3.05, 3.63) is 11.1 Å². The molecule has 2 fully saturated rings. The number of nitrogens with one attached hydrogen (secondary N) is 2. The van der Waals surface area contributed by atoms with Gasteiger partial charge in [-0.05, 0) is 58.2 Å². The highest BCUT2D eigenvalue weighted by Gasteiger charge is 2.25. The third kappa shape index (κ3) is 4.75. The maximum absolute atomic E-state index is 12.4. The Morgan fingerprint density at radius 1 is 1.39 bits per heavy atom. The van der Waals surface area contributed by atoms with E-state index < -0.39 is 0 Å². The second kappa shape index (κ2) is 7.73. The van der Waals surface area contributed by atoms with E-state index in [0.717, 1.165) is 55.8 Å². The zero-order chi connectivity index (χ0) is 16.2. The van der Waals surface area contributed by atoms with Crippen molar-refractivity contribution in [3.8, 4) is 0 Å². The third-order valence-electron chi connectivity index (χ3n) is 5.04. The molecule has 0 bridgehead atoms. The largest absolute Gasteiger partial charge is 0.314 e. The minimum atomic E-state index is 0.113. The first-order chi connectivity index (χ1) is 11.1. The molecule has 2 saturated heterocycles. The van der Waals surface area contributed by atoms with Crippen LogP contribution >= 0.6 is 11.3 Å². The molecular weight excluding hydrogens is 308 g/mol. The van der Waals surface area contributed by atoms with Crippen LogP contribution in [0.3, 0.4) is 0 Å². The maximum Gasteiger partial charge on any atom is 0.229 e. The number of rotatable bonds is 4. The molecule has 1 amide bonds. The average Bonchev–Trinajstić information content (AvgIpc) is 2.96. The van der Waals surface area contributed by atoms with Gasteiger partial charge in [0, 0.05) is 23.9 Å². The summed E-state index contributed by atoms with van der Waals surface area (Å²) in [6.45, 7) is 8.62. The molecule has 2 aliphatic rings. The van der Waals surface area contributed by atoms with Gasteiger partial charge in [0.1, 0.15) is 0 Å². The smallest absolute Gasteiger partial charge is 0.229 e. The normalized spacial score (nSPS) is 27.0. The Bertz CT molecular complexity index is 524. The van der Waals surface area contributed by atoms with Gasteiger partial charge >= 0.3 is 0 Å². The topological polar surface area (TPSA) is 57.3 Å². The van der Waals surface area contributed by atoms with E-state index in [9.17, 15) is 4.79 Å². The number of aromatic nitrogens is 1. The zero-order valence-electron chi connectivity index (χ0n) is 14.2. The van der Waals surface area contributed by atoms with Crippen molar-refractivity contribution in [2.45, 2.75) is 52.1 Å². The summed E-state index contributed by atoms with van der Waals surface area (Å²) in [6, 6.07) is 0.424. The molecule has 2 atom stereocenters. The zero-order valence-corrected chi connectivity index (χ0v) is 15.0. The van der Waals surface area contributed by atoms with Crippen molar-refractivity contribution in [2.75, 3.05) is 25.0 Å². The fourth-order valence-corrected chi connectivity index (χ4v) is 4.17. The van der Waals surface area contributed by atoms with Gasteiger partial charge in [0.2, 0.25) is 5.91 Å². The number of nitrogens with zero attached hydrogens (tertiary/aromatic N) is 2. The van der Waals surface area contributed by atoms with Crippen molar-refractivity contribution in [1.29, 1.82) is 0 Å². The van der Waals surface area contributed by atoms with Gasteiger partial charge in [0.05, 0.1) is 5.69 Å². The van der Waals surface area contributed by atoms with E-state index in [1.54, 1.807) is 11.3 Å². The van der Waals surface area contributed by atoms with Gasteiger partial charge in [-0.2, -0.15) is 0 Å². The van der Waals surface area contributed by atoms with E-state index in [1.165, 1.54) is 12.8 Å². The monoisotopic (exact) mass is 336 g/mol. The molecule has 6 heteroatoms. The molecule has 128 valence electrons. The van der Waals surface area contributed by atoms with Crippen molar-refractivity contribution in [1.82, 2.24) is 15.2 Å². The van der Waals surface area contributed by atoms with E-state index in [4.69, 9.17) is 0 Å². The van der Waals surface area contributed by atoms with Gasteiger partial charge in [-0.15, -0.1) is 11.3 Å². The van der Waals surface area contributed by atoms with Gasteiger partial charge < -0.3 is 10.6 Å². The van der Waals surface area contributed by atoms with E-state index in [1.807, 2.05) is 0 Å². The molecule has 3 rings (SSSR count). The molecule has 1 aromatic heterocycles. The van der Waals surface area contributed by atoms with Crippen LogP contribution in [0.25, 0.3) is 0 Å². The van der Waals surface area contributed by atoms with Crippen LogP contribution in [0.2, 0.25) is 0 Å². The number of anilines is 1. The van der Waals surface area contributed by atoms with Crippen molar-refractivity contribution < 1.29 is 4.79 Å². The summed E-state index contributed by atoms with van der Waals surface area (Å²) in [4.78, 5) is 19.4. The summed E-state index contributed by atoms with van der Waals surface area (Å²) in [5.41, 5.74) is 1.08. The van der Waals surface area contributed by atoms with Crippen LogP contribution in [-0.2, 0) is 11.3 Å². The van der Waals surface area contributed by atoms with Gasteiger partial charge in [0.25, 0.3) is 0 Å². The molecule has 0 saturated carbocycles. The Labute approximate surface area is 142 Å². The first-order valence-electron chi connectivity index (χ1n) is 8.81. The predicted octanol–water partition coefficient (Wildman–Crippen LogP) is 2.70. The molecule has 3 heterocycles. The lowest BCUT2D eigenvalue weighted by Crippen LogP contribution is -2.40. The lowest BCUT2D eigenvalue weighted by atomic mass is 9.92. The molecule has 2 N–H and O–H groups in total. The molecule has 0 aliphatic carbocycles. The minimum Gasteiger partial charge on any atom is -0.314 e. The summed E-state index contributed by atoms with van der Waals surface area (Å²) in [5, 5.41) is 9.24. The molecule has 0 radical (unpaired) electrons. The summed E-state index contributed by atoms with van der Waals surface area (Å²) in [5.74, 6) is 1.09. The van der Waals surface area contributed by atoms with Crippen molar-refractivity contribution >= 4 is 22.4 Å². The number of hydrogen-bond donors (Lipinski definition) is 2. The number of amides is 1. The Balaban J connectivity index is 1.49. The Morgan fingerprint density at radius 2 is 2.17 bits per heavy atom. The first kappa shape index (κ1) is 16.9. The highest BCUT2D eigenvalue weighted by molar-refractivity contribution is 7.13. The molecular formula is C17H28N4OS.